The summed E-state index contributed by atoms with van der Waals surface area (Å²) in [5.74, 6) is 0. The van der Waals surface area contributed by atoms with Gasteiger partial charge in [0.15, 0.2) is 0 Å². The normalized spacial score (nSPS) is 15.9. The molecule has 0 aromatic heterocycles. The fourth-order valence-corrected chi connectivity index (χ4v) is 4.63. The average molecular weight is 424 g/mol. The van der Waals surface area contributed by atoms with Crippen LogP contribution in [0.25, 0.3) is 10.8 Å². The molecule has 2 N–H and O–H groups in total. The Hall–Kier alpha value is -2.09. The Kier molecular flexibility index (Phi) is 6.08. The molecule has 148 valence electrons. The zero-order valence-electron chi connectivity index (χ0n) is 16.1. The molecule has 1 aliphatic heterocycles. The molecule has 0 unspecified atom stereocenters. The van der Waals surface area contributed by atoms with Gasteiger partial charge in [-0.25, -0.2) is 0 Å². The molecule has 0 spiro atoms. The number of fused-ring (bicyclic) bond motifs is 1. The molecule has 5 heteroatoms. The van der Waals surface area contributed by atoms with Gasteiger partial charge in [-0.1, -0.05) is 53.5 Å². The van der Waals surface area contributed by atoms with Crippen molar-refractivity contribution < 1.29 is 0 Å². The van der Waals surface area contributed by atoms with Crippen LogP contribution >= 0.6 is 23.2 Å². The van der Waals surface area contributed by atoms with Crippen LogP contribution in [0, 0.1) is 11.3 Å². The van der Waals surface area contributed by atoms with Gasteiger partial charge in [-0.05, 0) is 72.1 Å². The number of rotatable bonds is 5. The third kappa shape index (κ3) is 4.27. The summed E-state index contributed by atoms with van der Waals surface area (Å²) in [6, 6.07) is 20.5. The lowest BCUT2D eigenvalue weighted by molar-refractivity contribution is 0.293. The van der Waals surface area contributed by atoms with Crippen molar-refractivity contribution >= 4 is 34.0 Å². The highest BCUT2D eigenvalue weighted by atomic mass is 35.5. The van der Waals surface area contributed by atoms with Crippen LogP contribution in [0.1, 0.15) is 29.5 Å². The van der Waals surface area contributed by atoms with Gasteiger partial charge in [-0.2, -0.15) is 5.26 Å². The molecule has 1 aliphatic rings. The van der Waals surface area contributed by atoms with E-state index in [2.05, 4.69) is 34.9 Å². The SMILES string of the molecule is N#Cc1cc(CNCC2(c3ccc(Cl)c(Cl)c3)CCNCC2)c2ccccc2c1. The Morgan fingerprint density at radius 1 is 1.00 bits per heavy atom. The largest absolute Gasteiger partial charge is 0.317 e. The van der Waals surface area contributed by atoms with Crippen molar-refractivity contribution in [2.45, 2.75) is 24.8 Å². The second-order valence-electron chi connectivity index (χ2n) is 7.73. The first kappa shape index (κ1) is 20.2. The maximum atomic E-state index is 9.39. The zero-order valence-corrected chi connectivity index (χ0v) is 17.7. The first-order chi connectivity index (χ1) is 14.1. The van der Waals surface area contributed by atoms with Crippen molar-refractivity contribution in [3.8, 4) is 6.07 Å². The molecule has 4 rings (SSSR count). The minimum atomic E-state index is 0.0160. The average Bonchev–Trinajstić information content (AvgIpc) is 2.76. The van der Waals surface area contributed by atoms with Crippen molar-refractivity contribution in [3.05, 3.63) is 81.3 Å². The first-order valence-electron chi connectivity index (χ1n) is 9.90. The number of piperidine rings is 1. The van der Waals surface area contributed by atoms with Gasteiger partial charge < -0.3 is 10.6 Å². The maximum absolute atomic E-state index is 9.39. The molecule has 1 heterocycles. The molecule has 1 fully saturated rings. The number of nitrogens with zero attached hydrogens (tertiary/aromatic N) is 1. The second kappa shape index (κ2) is 8.73. The number of nitrogens with one attached hydrogen (secondary N) is 2. The highest BCUT2D eigenvalue weighted by molar-refractivity contribution is 6.42. The fourth-order valence-electron chi connectivity index (χ4n) is 4.34. The van der Waals surface area contributed by atoms with E-state index < -0.39 is 0 Å². The van der Waals surface area contributed by atoms with Crippen LogP contribution < -0.4 is 10.6 Å². The van der Waals surface area contributed by atoms with Crippen LogP contribution in [-0.2, 0) is 12.0 Å². The van der Waals surface area contributed by atoms with Gasteiger partial charge >= 0.3 is 0 Å². The Labute approximate surface area is 181 Å². The molecule has 3 nitrogen and oxygen atoms in total. The smallest absolute Gasteiger partial charge is 0.0991 e. The molecule has 0 atom stereocenters. The minimum absolute atomic E-state index is 0.0160. The van der Waals surface area contributed by atoms with E-state index in [1.54, 1.807) is 0 Å². The van der Waals surface area contributed by atoms with Gasteiger partial charge in [0.1, 0.15) is 0 Å². The van der Waals surface area contributed by atoms with Gasteiger partial charge in [-0.15, -0.1) is 0 Å². The number of benzene rings is 3. The van der Waals surface area contributed by atoms with E-state index in [0.717, 1.165) is 43.4 Å². The quantitative estimate of drug-likeness (QED) is 0.574. The third-order valence-electron chi connectivity index (χ3n) is 5.95. The molecule has 0 radical (unpaired) electrons. The van der Waals surface area contributed by atoms with E-state index in [9.17, 15) is 5.26 Å². The predicted molar refractivity (Wildman–Crippen MR) is 121 cm³/mol. The monoisotopic (exact) mass is 423 g/mol. The minimum Gasteiger partial charge on any atom is -0.317 e. The molecule has 0 bridgehead atoms. The van der Waals surface area contributed by atoms with Crippen LogP contribution in [0.15, 0.2) is 54.6 Å². The summed E-state index contributed by atoms with van der Waals surface area (Å²) in [4.78, 5) is 0. The van der Waals surface area contributed by atoms with E-state index in [0.29, 0.717) is 22.2 Å². The van der Waals surface area contributed by atoms with Gasteiger partial charge in [-0.3, -0.25) is 0 Å². The molecule has 3 aromatic carbocycles. The molecule has 0 aliphatic carbocycles. The van der Waals surface area contributed by atoms with Crippen molar-refractivity contribution in [2.24, 2.45) is 0 Å². The van der Waals surface area contributed by atoms with Crippen LogP contribution in [0.3, 0.4) is 0 Å². The van der Waals surface area contributed by atoms with Crippen LogP contribution in [0.5, 0.6) is 0 Å². The van der Waals surface area contributed by atoms with E-state index in [4.69, 9.17) is 23.2 Å². The summed E-state index contributed by atoms with van der Waals surface area (Å²) in [7, 11) is 0. The maximum Gasteiger partial charge on any atom is 0.0991 e. The summed E-state index contributed by atoms with van der Waals surface area (Å²) in [5.41, 5.74) is 3.10. The molecular weight excluding hydrogens is 401 g/mol. The molecule has 0 amide bonds. The zero-order chi connectivity index (χ0) is 20.3. The van der Waals surface area contributed by atoms with E-state index in [-0.39, 0.29) is 5.41 Å². The Morgan fingerprint density at radius 2 is 1.79 bits per heavy atom. The second-order valence-corrected chi connectivity index (χ2v) is 8.55. The van der Waals surface area contributed by atoms with Crippen molar-refractivity contribution in [3.63, 3.8) is 0 Å². The summed E-state index contributed by atoms with van der Waals surface area (Å²) < 4.78 is 0. The highest BCUT2D eigenvalue weighted by Gasteiger charge is 2.34. The van der Waals surface area contributed by atoms with E-state index in [1.807, 2.05) is 36.4 Å². The summed E-state index contributed by atoms with van der Waals surface area (Å²) in [6.45, 7) is 3.52. The molecular formula is C24H23Cl2N3. The van der Waals surface area contributed by atoms with Crippen molar-refractivity contribution in [2.75, 3.05) is 19.6 Å². The number of halogens is 2. The highest BCUT2D eigenvalue weighted by Crippen LogP contribution is 2.36. The lowest BCUT2D eigenvalue weighted by Gasteiger charge is -2.39. The predicted octanol–water partition coefficient (Wildman–Crippen LogP) is 5.43. The number of nitriles is 1. The molecule has 1 saturated heterocycles. The number of hydrogen-bond donors (Lipinski definition) is 2. The van der Waals surface area contributed by atoms with Crippen LogP contribution in [-0.4, -0.2) is 19.6 Å². The Morgan fingerprint density at radius 3 is 2.55 bits per heavy atom. The summed E-state index contributed by atoms with van der Waals surface area (Å²) in [6.07, 6.45) is 2.08. The van der Waals surface area contributed by atoms with Gasteiger partial charge in [0.2, 0.25) is 0 Å². The lowest BCUT2D eigenvalue weighted by Crippen LogP contribution is -2.46. The third-order valence-corrected chi connectivity index (χ3v) is 6.69. The van der Waals surface area contributed by atoms with Gasteiger partial charge in [0.05, 0.1) is 21.7 Å². The van der Waals surface area contributed by atoms with Crippen molar-refractivity contribution in [1.82, 2.24) is 10.6 Å². The first-order valence-corrected chi connectivity index (χ1v) is 10.7. The Bertz CT molecular complexity index is 1070. The van der Waals surface area contributed by atoms with E-state index in [1.165, 1.54) is 10.9 Å². The summed E-state index contributed by atoms with van der Waals surface area (Å²) in [5, 5.41) is 20.0. The van der Waals surface area contributed by atoms with Crippen LogP contribution in [0.4, 0.5) is 0 Å². The topological polar surface area (TPSA) is 47.9 Å². The van der Waals surface area contributed by atoms with Crippen LogP contribution in [0.2, 0.25) is 10.0 Å². The lowest BCUT2D eigenvalue weighted by atomic mass is 9.73. The standard InChI is InChI=1S/C24H23Cl2N3/c25-22-6-5-20(13-23(22)26)24(7-9-28-10-8-24)16-29-15-19-12-17(14-27)11-18-3-1-2-4-21(18)19/h1-6,11-13,28-29H,7-10,15-16H2. The van der Waals surface area contributed by atoms with Crippen molar-refractivity contribution in [1.29, 1.82) is 5.26 Å². The van der Waals surface area contributed by atoms with Gasteiger partial charge in [0.25, 0.3) is 0 Å². The van der Waals surface area contributed by atoms with E-state index >= 15 is 0 Å². The molecule has 0 saturated carbocycles. The van der Waals surface area contributed by atoms with Gasteiger partial charge in [0, 0.05) is 18.5 Å². The number of hydrogen-bond acceptors (Lipinski definition) is 3. The summed E-state index contributed by atoms with van der Waals surface area (Å²) >= 11 is 12.5. The molecule has 29 heavy (non-hydrogen) atoms. The fraction of sp³-hybridized carbons (Fsp3) is 0.292. The Balaban J connectivity index is 1.58. The molecule has 3 aromatic rings.